The van der Waals surface area contributed by atoms with Crippen LogP contribution in [0.25, 0.3) is 10.9 Å². The molecule has 0 amide bonds. The van der Waals surface area contributed by atoms with Crippen LogP contribution >= 0.6 is 0 Å². The quantitative estimate of drug-likeness (QED) is 0.569. The van der Waals surface area contributed by atoms with Gasteiger partial charge in [0.05, 0.1) is 22.2 Å². The first-order chi connectivity index (χ1) is 11.1. The first kappa shape index (κ1) is 14.6. The second-order valence-corrected chi connectivity index (χ2v) is 4.82. The molecule has 116 valence electrons. The van der Waals surface area contributed by atoms with Crippen LogP contribution in [0.15, 0.2) is 47.5 Å². The van der Waals surface area contributed by atoms with E-state index in [1.165, 1.54) is 18.5 Å². The Balaban J connectivity index is 2.02. The van der Waals surface area contributed by atoms with Gasteiger partial charge < -0.3 is 10.3 Å². The number of aromatic nitrogens is 2. The molecule has 8 heteroatoms. The molecule has 2 aromatic carbocycles. The fourth-order valence-electron chi connectivity index (χ4n) is 2.23. The Labute approximate surface area is 129 Å². The van der Waals surface area contributed by atoms with Gasteiger partial charge in [-0.15, -0.1) is 0 Å². The highest BCUT2D eigenvalue weighted by Crippen LogP contribution is 2.28. The minimum absolute atomic E-state index is 0.0716. The topological polar surface area (TPSA) is 101 Å². The molecule has 0 unspecified atom stereocenters. The third kappa shape index (κ3) is 2.86. The third-order valence-electron chi connectivity index (χ3n) is 3.38. The molecule has 0 saturated carbocycles. The number of fused-ring (bicyclic) bond motifs is 1. The van der Waals surface area contributed by atoms with E-state index in [2.05, 4.69) is 15.3 Å². The minimum Gasteiger partial charge on any atom is -0.375 e. The lowest BCUT2D eigenvalue weighted by atomic mass is 10.1. The number of nitrogens with one attached hydrogen (secondary N) is 2. The van der Waals surface area contributed by atoms with Crippen LogP contribution < -0.4 is 10.9 Å². The number of nitro groups is 1. The van der Waals surface area contributed by atoms with Crippen LogP contribution in [0, 0.1) is 15.9 Å². The van der Waals surface area contributed by atoms with Crippen molar-refractivity contribution in [2.75, 3.05) is 5.32 Å². The maximum absolute atomic E-state index is 13.6. The van der Waals surface area contributed by atoms with Crippen LogP contribution in [-0.4, -0.2) is 14.9 Å². The average molecular weight is 314 g/mol. The molecule has 7 nitrogen and oxygen atoms in total. The van der Waals surface area contributed by atoms with Crippen LogP contribution in [0.1, 0.15) is 5.56 Å². The molecule has 0 spiro atoms. The van der Waals surface area contributed by atoms with E-state index in [4.69, 9.17) is 0 Å². The first-order valence-electron chi connectivity index (χ1n) is 6.69. The smallest absolute Gasteiger partial charge is 0.293 e. The van der Waals surface area contributed by atoms with Gasteiger partial charge in [0.25, 0.3) is 11.2 Å². The zero-order valence-corrected chi connectivity index (χ0v) is 11.7. The molecule has 2 N–H and O–H groups in total. The van der Waals surface area contributed by atoms with Crippen molar-refractivity contribution in [2.24, 2.45) is 0 Å². The van der Waals surface area contributed by atoms with Crippen molar-refractivity contribution < 1.29 is 9.31 Å². The second-order valence-electron chi connectivity index (χ2n) is 4.82. The van der Waals surface area contributed by atoms with Gasteiger partial charge in [-0.2, -0.15) is 0 Å². The molecule has 3 rings (SSSR count). The lowest BCUT2D eigenvalue weighted by Crippen LogP contribution is -2.09. The van der Waals surface area contributed by atoms with Crippen molar-refractivity contribution in [3.05, 3.63) is 74.6 Å². The average Bonchev–Trinajstić information content (AvgIpc) is 2.53. The molecule has 3 aromatic rings. The Morgan fingerprint density at radius 3 is 2.83 bits per heavy atom. The van der Waals surface area contributed by atoms with Crippen LogP contribution in [0.3, 0.4) is 0 Å². The molecule has 0 aliphatic heterocycles. The molecule has 0 fully saturated rings. The Hall–Kier alpha value is -3.29. The number of benzene rings is 2. The molecule has 1 heterocycles. The Bertz CT molecular complexity index is 955. The van der Waals surface area contributed by atoms with Crippen molar-refractivity contribution in [1.29, 1.82) is 0 Å². The lowest BCUT2D eigenvalue weighted by molar-refractivity contribution is -0.383. The summed E-state index contributed by atoms with van der Waals surface area (Å²) in [6.07, 6.45) is 1.22. The van der Waals surface area contributed by atoms with Gasteiger partial charge in [0.1, 0.15) is 11.5 Å². The van der Waals surface area contributed by atoms with E-state index in [1.54, 1.807) is 18.2 Å². The van der Waals surface area contributed by atoms with Crippen molar-refractivity contribution in [1.82, 2.24) is 9.97 Å². The number of nitrogens with zero attached hydrogens (tertiary/aromatic N) is 2. The summed E-state index contributed by atoms with van der Waals surface area (Å²) in [6, 6.07) is 8.70. The summed E-state index contributed by atoms with van der Waals surface area (Å²) in [5.74, 6) is -0.405. The maximum Gasteiger partial charge on any atom is 0.293 e. The molecule has 23 heavy (non-hydrogen) atoms. The number of hydrogen-bond donors (Lipinski definition) is 2. The Morgan fingerprint density at radius 1 is 1.30 bits per heavy atom. The summed E-state index contributed by atoms with van der Waals surface area (Å²) in [5.41, 5.74) is 0.131. The molecular formula is C15H11FN4O3. The summed E-state index contributed by atoms with van der Waals surface area (Å²) in [5, 5.41) is 14.2. The molecule has 0 atom stereocenters. The van der Waals surface area contributed by atoms with Crippen molar-refractivity contribution in [2.45, 2.75) is 6.54 Å². The monoisotopic (exact) mass is 314 g/mol. The number of anilines is 1. The largest absolute Gasteiger partial charge is 0.375 e. The molecule has 0 aliphatic carbocycles. The van der Waals surface area contributed by atoms with Gasteiger partial charge in [0, 0.05) is 18.2 Å². The van der Waals surface area contributed by atoms with E-state index in [-0.39, 0.29) is 23.3 Å². The predicted molar refractivity (Wildman–Crippen MR) is 82.7 cm³/mol. The van der Waals surface area contributed by atoms with Crippen molar-refractivity contribution in [3.63, 3.8) is 0 Å². The van der Waals surface area contributed by atoms with Gasteiger partial charge in [0.15, 0.2) is 0 Å². The first-order valence-corrected chi connectivity index (χ1v) is 6.69. The van der Waals surface area contributed by atoms with Gasteiger partial charge >= 0.3 is 0 Å². The van der Waals surface area contributed by atoms with Crippen molar-refractivity contribution in [3.8, 4) is 0 Å². The number of rotatable bonds is 4. The van der Waals surface area contributed by atoms with Gasteiger partial charge in [-0.1, -0.05) is 18.2 Å². The van der Waals surface area contributed by atoms with Gasteiger partial charge in [-0.3, -0.25) is 14.9 Å². The van der Waals surface area contributed by atoms with E-state index in [0.29, 0.717) is 11.1 Å². The Kier molecular flexibility index (Phi) is 3.71. The summed E-state index contributed by atoms with van der Waals surface area (Å²) in [4.78, 5) is 28.7. The summed E-state index contributed by atoms with van der Waals surface area (Å²) in [7, 11) is 0. The normalized spacial score (nSPS) is 10.7. The number of halogens is 1. The van der Waals surface area contributed by atoms with Crippen LogP contribution in [0.4, 0.5) is 15.8 Å². The van der Waals surface area contributed by atoms with E-state index in [0.717, 1.165) is 6.07 Å². The zero-order chi connectivity index (χ0) is 16.4. The van der Waals surface area contributed by atoms with Crippen molar-refractivity contribution >= 4 is 22.3 Å². The van der Waals surface area contributed by atoms with Crippen LogP contribution in [0.2, 0.25) is 0 Å². The molecule has 0 bridgehead atoms. The number of hydrogen-bond acceptors (Lipinski definition) is 5. The zero-order valence-electron chi connectivity index (χ0n) is 11.7. The fraction of sp³-hybridized carbons (Fsp3) is 0.0667. The molecule has 0 saturated heterocycles. The minimum atomic E-state index is -0.602. The van der Waals surface area contributed by atoms with Crippen LogP contribution in [0.5, 0.6) is 0 Å². The van der Waals surface area contributed by atoms with E-state index in [9.17, 15) is 19.3 Å². The van der Waals surface area contributed by atoms with Gasteiger partial charge in [-0.05, 0) is 12.1 Å². The number of nitro benzene ring substituents is 1. The van der Waals surface area contributed by atoms with E-state index >= 15 is 0 Å². The summed E-state index contributed by atoms with van der Waals surface area (Å²) in [6.45, 7) is 0.0716. The second kappa shape index (κ2) is 5.84. The SMILES string of the molecule is O=c1[nH]cnc2cc(NCc3ccccc3F)c([N+](=O)[O-])cc12. The highest BCUT2D eigenvalue weighted by atomic mass is 19.1. The standard InChI is InChI=1S/C15H11FN4O3/c16-11-4-2-1-3-9(11)7-17-13-6-12-10(5-14(13)20(22)23)15(21)19-8-18-12/h1-6,8,17H,7H2,(H,18,19,21). The summed E-state index contributed by atoms with van der Waals surface area (Å²) >= 11 is 0. The molecular weight excluding hydrogens is 303 g/mol. The highest BCUT2D eigenvalue weighted by molar-refractivity contribution is 5.86. The third-order valence-corrected chi connectivity index (χ3v) is 3.38. The van der Waals surface area contributed by atoms with E-state index < -0.39 is 16.3 Å². The molecule has 1 aromatic heterocycles. The molecule has 0 aliphatic rings. The number of H-pyrrole nitrogens is 1. The van der Waals surface area contributed by atoms with Crippen LogP contribution in [-0.2, 0) is 6.54 Å². The summed E-state index contributed by atoms with van der Waals surface area (Å²) < 4.78 is 13.6. The number of aromatic amines is 1. The van der Waals surface area contributed by atoms with E-state index in [1.807, 2.05) is 0 Å². The maximum atomic E-state index is 13.6. The highest BCUT2D eigenvalue weighted by Gasteiger charge is 2.17. The lowest BCUT2D eigenvalue weighted by Gasteiger charge is -2.09. The van der Waals surface area contributed by atoms with Gasteiger partial charge in [0.2, 0.25) is 0 Å². The molecule has 0 radical (unpaired) electrons. The van der Waals surface area contributed by atoms with Gasteiger partial charge in [-0.25, -0.2) is 9.37 Å². The predicted octanol–water partition coefficient (Wildman–Crippen LogP) is 2.58. The Morgan fingerprint density at radius 2 is 2.09 bits per heavy atom. The fourth-order valence-corrected chi connectivity index (χ4v) is 2.23.